The fraction of sp³-hybridized carbons (Fsp3) is 0.222. The molecule has 0 unspecified atom stereocenters. The van der Waals surface area contributed by atoms with E-state index < -0.39 is 5.97 Å². The van der Waals surface area contributed by atoms with Crippen LogP contribution in [0.15, 0.2) is 36.4 Å². The maximum atomic E-state index is 12.0. The highest BCUT2D eigenvalue weighted by molar-refractivity contribution is 6.32. The van der Waals surface area contributed by atoms with E-state index in [1.54, 1.807) is 18.2 Å². The Kier molecular flexibility index (Phi) is 6.68. The molecule has 0 heterocycles. The van der Waals surface area contributed by atoms with Gasteiger partial charge in [-0.3, -0.25) is 4.79 Å². The molecule has 0 fully saturated rings. The average Bonchev–Trinajstić information content (AvgIpc) is 2.65. The first-order valence-corrected chi connectivity index (χ1v) is 7.88. The molecule has 2 aromatic carbocycles. The number of amides is 1. The Morgan fingerprint density at radius 3 is 2.27 bits per heavy atom. The predicted octanol–water partition coefficient (Wildman–Crippen LogP) is 3.16. The SMILES string of the molecule is COC(=O)c1ccc(OCC(=O)Nc2ccc(OC)c(Cl)c2)c(OC)c1. The van der Waals surface area contributed by atoms with Gasteiger partial charge in [0.05, 0.1) is 31.9 Å². The van der Waals surface area contributed by atoms with E-state index in [4.69, 9.17) is 25.8 Å². The Hall–Kier alpha value is -2.93. The second-order valence-electron chi connectivity index (χ2n) is 5.04. The molecule has 0 aliphatic heterocycles. The smallest absolute Gasteiger partial charge is 0.337 e. The molecule has 0 aromatic heterocycles. The van der Waals surface area contributed by atoms with Crippen molar-refractivity contribution in [1.82, 2.24) is 0 Å². The maximum absolute atomic E-state index is 12.0. The molecule has 0 radical (unpaired) electrons. The number of esters is 1. The van der Waals surface area contributed by atoms with E-state index >= 15 is 0 Å². The number of carbonyl (C=O) groups is 2. The minimum atomic E-state index is -0.496. The van der Waals surface area contributed by atoms with Crippen LogP contribution in [-0.4, -0.2) is 39.8 Å². The van der Waals surface area contributed by atoms with Crippen LogP contribution in [0, 0.1) is 0 Å². The Bertz CT molecular complexity index is 808. The summed E-state index contributed by atoms with van der Waals surface area (Å²) in [6.45, 7) is -0.252. The third-order valence-electron chi connectivity index (χ3n) is 3.38. The molecule has 0 saturated heterocycles. The highest BCUT2D eigenvalue weighted by Crippen LogP contribution is 2.29. The summed E-state index contributed by atoms with van der Waals surface area (Å²) >= 11 is 6.02. The zero-order valence-corrected chi connectivity index (χ0v) is 15.3. The van der Waals surface area contributed by atoms with E-state index in [0.29, 0.717) is 33.5 Å². The largest absolute Gasteiger partial charge is 0.495 e. The van der Waals surface area contributed by atoms with E-state index in [2.05, 4.69) is 10.1 Å². The molecule has 0 aliphatic rings. The first kappa shape index (κ1) is 19.4. The van der Waals surface area contributed by atoms with Gasteiger partial charge in [-0.1, -0.05) is 11.6 Å². The molecule has 0 bridgehead atoms. The lowest BCUT2D eigenvalue weighted by molar-refractivity contribution is -0.118. The molecule has 1 amide bonds. The Balaban J connectivity index is 2.00. The molecule has 7 nitrogen and oxygen atoms in total. The van der Waals surface area contributed by atoms with Gasteiger partial charge in [-0.25, -0.2) is 4.79 Å². The lowest BCUT2D eigenvalue weighted by Gasteiger charge is -2.12. The predicted molar refractivity (Wildman–Crippen MR) is 96.5 cm³/mol. The topological polar surface area (TPSA) is 83.1 Å². The third-order valence-corrected chi connectivity index (χ3v) is 3.67. The van der Waals surface area contributed by atoms with Gasteiger partial charge in [0.25, 0.3) is 5.91 Å². The van der Waals surface area contributed by atoms with Crippen LogP contribution >= 0.6 is 11.6 Å². The molecule has 0 saturated carbocycles. The van der Waals surface area contributed by atoms with Gasteiger partial charge in [0.2, 0.25) is 0 Å². The van der Waals surface area contributed by atoms with Crippen LogP contribution in [0.4, 0.5) is 5.69 Å². The quantitative estimate of drug-likeness (QED) is 0.744. The number of halogens is 1. The molecule has 0 spiro atoms. The van der Waals surface area contributed by atoms with Crippen LogP contribution in [0.1, 0.15) is 10.4 Å². The Labute approximate surface area is 155 Å². The molecule has 2 aromatic rings. The summed E-state index contributed by atoms with van der Waals surface area (Å²) < 4.78 is 20.3. The van der Waals surface area contributed by atoms with Gasteiger partial charge in [-0.2, -0.15) is 0 Å². The van der Waals surface area contributed by atoms with Crippen LogP contribution in [-0.2, 0) is 9.53 Å². The van der Waals surface area contributed by atoms with Gasteiger partial charge in [-0.05, 0) is 36.4 Å². The van der Waals surface area contributed by atoms with Crippen molar-refractivity contribution in [3.05, 3.63) is 47.0 Å². The van der Waals surface area contributed by atoms with Crippen LogP contribution in [0.3, 0.4) is 0 Å². The lowest BCUT2D eigenvalue weighted by atomic mass is 10.2. The van der Waals surface area contributed by atoms with Gasteiger partial charge in [0.15, 0.2) is 18.1 Å². The van der Waals surface area contributed by atoms with Crippen molar-refractivity contribution in [2.24, 2.45) is 0 Å². The molecule has 138 valence electrons. The second kappa shape index (κ2) is 8.96. The minimum Gasteiger partial charge on any atom is -0.495 e. The molecule has 1 N–H and O–H groups in total. The third kappa shape index (κ3) is 4.80. The Morgan fingerprint density at radius 2 is 1.65 bits per heavy atom. The molecule has 0 atom stereocenters. The van der Waals surface area contributed by atoms with Gasteiger partial charge < -0.3 is 24.3 Å². The van der Waals surface area contributed by atoms with Gasteiger partial charge in [0.1, 0.15) is 5.75 Å². The fourth-order valence-electron chi connectivity index (χ4n) is 2.12. The van der Waals surface area contributed by atoms with Crippen LogP contribution in [0.25, 0.3) is 0 Å². The number of hydrogen-bond acceptors (Lipinski definition) is 6. The number of rotatable bonds is 7. The monoisotopic (exact) mass is 379 g/mol. The standard InChI is InChI=1S/C18H18ClNO6/c1-23-14-7-5-12(9-13(14)19)20-17(21)10-26-15-6-4-11(18(22)25-3)8-16(15)24-2/h4-9H,10H2,1-3H3,(H,20,21). The van der Waals surface area contributed by atoms with E-state index in [0.717, 1.165) is 0 Å². The molecule has 2 rings (SSSR count). The van der Waals surface area contributed by atoms with Crippen LogP contribution in [0.5, 0.6) is 17.2 Å². The lowest BCUT2D eigenvalue weighted by Crippen LogP contribution is -2.20. The van der Waals surface area contributed by atoms with Crippen molar-refractivity contribution < 1.29 is 28.5 Å². The summed E-state index contributed by atoms with van der Waals surface area (Å²) in [5, 5.41) is 3.04. The van der Waals surface area contributed by atoms with Crippen LogP contribution < -0.4 is 19.5 Å². The number of hydrogen-bond donors (Lipinski definition) is 1. The molecular formula is C18H18ClNO6. The first-order valence-electron chi connectivity index (χ1n) is 7.51. The normalized spacial score (nSPS) is 10.0. The minimum absolute atomic E-state index is 0.252. The summed E-state index contributed by atoms with van der Waals surface area (Å²) in [6, 6.07) is 9.40. The van der Waals surface area contributed by atoms with Crippen molar-refractivity contribution in [3.8, 4) is 17.2 Å². The van der Waals surface area contributed by atoms with Crippen molar-refractivity contribution in [2.75, 3.05) is 33.3 Å². The van der Waals surface area contributed by atoms with Gasteiger partial charge in [0, 0.05) is 5.69 Å². The highest BCUT2D eigenvalue weighted by Gasteiger charge is 2.13. The first-order chi connectivity index (χ1) is 12.5. The second-order valence-corrected chi connectivity index (χ2v) is 5.45. The van der Waals surface area contributed by atoms with E-state index in [-0.39, 0.29) is 12.5 Å². The van der Waals surface area contributed by atoms with Crippen molar-refractivity contribution in [3.63, 3.8) is 0 Å². The summed E-state index contributed by atoms with van der Waals surface area (Å²) in [5.74, 6) is 0.266. The summed E-state index contributed by atoms with van der Waals surface area (Å²) in [7, 11) is 4.23. The number of carbonyl (C=O) groups excluding carboxylic acids is 2. The van der Waals surface area contributed by atoms with Crippen molar-refractivity contribution >= 4 is 29.2 Å². The van der Waals surface area contributed by atoms with Crippen molar-refractivity contribution in [1.29, 1.82) is 0 Å². The summed E-state index contributed by atoms with van der Waals surface area (Å²) in [5.41, 5.74) is 0.825. The number of benzene rings is 2. The zero-order valence-electron chi connectivity index (χ0n) is 14.5. The Morgan fingerprint density at radius 1 is 0.962 bits per heavy atom. The number of methoxy groups -OCH3 is 3. The van der Waals surface area contributed by atoms with Crippen LogP contribution in [0.2, 0.25) is 5.02 Å². The average molecular weight is 380 g/mol. The highest BCUT2D eigenvalue weighted by atomic mass is 35.5. The summed E-state index contributed by atoms with van der Waals surface area (Å²) in [6.07, 6.45) is 0. The molecule has 8 heteroatoms. The number of nitrogens with one attached hydrogen (secondary N) is 1. The molecule has 0 aliphatic carbocycles. The fourth-order valence-corrected chi connectivity index (χ4v) is 2.37. The van der Waals surface area contributed by atoms with Crippen molar-refractivity contribution in [2.45, 2.75) is 0 Å². The summed E-state index contributed by atoms with van der Waals surface area (Å²) in [4.78, 5) is 23.6. The number of ether oxygens (including phenoxy) is 4. The van der Waals surface area contributed by atoms with E-state index in [1.807, 2.05) is 0 Å². The maximum Gasteiger partial charge on any atom is 0.337 e. The zero-order chi connectivity index (χ0) is 19.1. The van der Waals surface area contributed by atoms with E-state index in [1.165, 1.54) is 39.5 Å². The van der Waals surface area contributed by atoms with E-state index in [9.17, 15) is 9.59 Å². The molecular weight excluding hydrogens is 362 g/mol. The van der Waals surface area contributed by atoms with Gasteiger partial charge in [-0.15, -0.1) is 0 Å². The number of anilines is 1. The van der Waals surface area contributed by atoms with Gasteiger partial charge >= 0.3 is 5.97 Å². The molecule has 26 heavy (non-hydrogen) atoms.